The lowest BCUT2D eigenvalue weighted by Crippen LogP contribution is -2.25. The Morgan fingerprint density at radius 3 is 2.35 bits per heavy atom. The van der Waals surface area contributed by atoms with Gasteiger partial charge in [0.1, 0.15) is 5.65 Å². The smallest absolute Gasteiger partial charge is 0.137 e. The first-order valence-electron chi connectivity index (χ1n) is 8.65. The summed E-state index contributed by atoms with van der Waals surface area (Å²) >= 11 is 0. The lowest BCUT2D eigenvalue weighted by molar-refractivity contribution is 0.273. The molecule has 0 radical (unpaired) electrons. The quantitative estimate of drug-likeness (QED) is 0.716. The third-order valence-corrected chi connectivity index (χ3v) is 4.75. The first-order chi connectivity index (χ1) is 11.4. The number of imidazole rings is 1. The summed E-state index contributed by atoms with van der Waals surface area (Å²) < 4.78 is 2.26. The first-order valence-corrected chi connectivity index (χ1v) is 8.65. The van der Waals surface area contributed by atoms with Crippen LogP contribution in [0, 0.1) is 0 Å². The van der Waals surface area contributed by atoms with Gasteiger partial charge in [0, 0.05) is 18.3 Å². The molecule has 0 amide bonds. The van der Waals surface area contributed by atoms with E-state index in [0.717, 1.165) is 17.9 Å². The summed E-state index contributed by atoms with van der Waals surface area (Å²) in [6.45, 7) is 3.39. The van der Waals surface area contributed by atoms with E-state index in [1.165, 1.54) is 50.0 Å². The number of benzene rings is 1. The molecule has 3 aromatic rings. The molecular formula is C20H23N3. The molecule has 0 N–H and O–H groups in total. The van der Waals surface area contributed by atoms with Crippen molar-refractivity contribution < 1.29 is 0 Å². The van der Waals surface area contributed by atoms with E-state index in [1.807, 2.05) is 0 Å². The van der Waals surface area contributed by atoms with Gasteiger partial charge in [0.25, 0.3) is 0 Å². The van der Waals surface area contributed by atoms with E-state index in [-0.39, 0.29) is 0 Å². The fourth-order valence-corrected chi connectivity index (χ4v) is 3.53. The van der Waals surface area contributed by atoms with Crippen molar-refractivity contribution in [2.45, 2.75) is 32.2 Å². The van der Waals surface area contributed by atoms with E-state index in [1.54, 1.807) is 0 Å². The maximum Gasteiger partial charge on any atom is 0.137 e. The Bertz CT molecular complexity index is 768. The molecule has 1 saturated heterocycles. The van der Waals surface area contributed by atoms with Gasteiger partial charge < -0.3 is 4.40 Å². The maximum atomic E-state index is 4.91. The van der Waals surface area contributed by atoms with Crippen LogP contribution in [0.4, 0.5) is 0 Å². The number of hydrogen-bond donors (Lipinski definition) is 0. The molecule has 0 spiro atoms. The monoisotopic (exact) mass is 305 g/mol. The molecule has 1 aliphatic heterocycles. The second-order valence-electron chi connectivity index (χ2n) is 6.39. The van der Waals surface area contributed by atoms with Crippen molar-refractivity contribution in [3.63, 3.8) is 0 Å². The molecule has 0 bridgehead atoms. The molecule has 0 saturated carbocycles. The zero-order chi connectivity index (χ0) is 15.5. The maximum absolute atomic E-state index is 4.91. The van der Waals surface area contributed by atoms with Gasteiger partial charge in [0.2, 0.25) is 0 Å². The lowest BCUT2D eigenvalue weighted by Gasteiger charge is -2.20. The Kier molecular flexibility index (Phi) is 4.12. The van der Waals surface area contributed by atoms with Crippen LogP contribution in [0.5, 0.6) is 0 Å². The highest BCUT2D eigenvalue weighted by Gasteiger charge is 2.17. The molecule has 3 nitrogen and oxygen atoms in total. The summed E-state index contributed by atoms with van der Waals surface area (Å²) in [4.78, 5) is 7.50. The van der Waals surface area contributed by atoms with Crippen LogP contribution in [0.1, 0.15) is 31.4 Å². The zero-order valence-electron chi connectivity index (χ0n) is 13.5. The molecule has 3 heterocycles. The van der Waals surface area contributed by atoms with Gasteiger partial charge in [-0.15, -0.1) is 0 Å². The van der Waals surface area contributed by atoms with Gasteiger partial charge in [-0.05, 0) is 38.1 Å². The van der Waals surface area contributed by atoms with Gasteiger partial charge in [-0.3, -0.25) is 4.90 Å². The van der Waals surface area contributed by atoms with Gasteiger partial charge in [-0.25, -0.2) is 4.98 Å². The molecule has 118 valence electrons. The Hall–Kier alpha value is -2.13. The Morgan fingerprint density at radius 1 is 0.826 bits per heavy atom. The summed E-state index contributed by atoms with van der Waals surface area (Å²) in [5.74, 6) is 0. The minimum atomic E-state index is 0.982. The molecule has 23 heavy (non-hydrogen) atoms. The first kappa shape index (κ1) is 14.5. The molecule has 1 aromatic carbocycles. The fourth-order valence-electron chi connectivity index (χ4n) is 3.53. The SMILES string of the molecule is c1ccc(-c2nc3ccccn3c2CN2CCCCCC2)cc1. The van der Waals surface area contributed by atoms with E-state index in [4.69, 9.17) is 4.98 Å². The second kappa shape index (κ2) is 6.55. The van der Waals surface area contributed by atoms with E-state index >= 15 is 0 Å². The van der Waals surface area contributed by atoms with E-state index < -0.39 is 0 Å². The molecular weight excluding hydrogens is 282 g/mol. The molecule has 2 aromatic heterocycles. The van der Waals surface area contributed by atoms with Crippen molar-refractivity contribution >= 4 is 5.65 Å². The molecule has 0 unspecified atom stereocenters. The third kappa shape index (κ3) is 3.02. The molecule has 1 fully saturated rings. The van der Waals surface area contributed by atoms with Gasteiger partial charge in [0.15, 0.2) is 0 Å². The fraction of sp³-hybridized carbons (Fsp3) is 0.350. The van der Waals surface area contributed by atoms with E-state index in [2.05, 4.69) is 64.0 Å². The summed E-state index contributed by atoms with van der Waals surface area (Å²) in [5, 5.41) is 0. The van der Waals surface area contributed by atoms with Crippen molar-refractivity contribution in [1.82, 2.24) is 14.3 Å². The number of aromatic nitrogens is 2. The van der Waals surface area contributed by atoms with Crippen LogP contribution >= 0.6 is 0 Å². The number of nitrogens with zero attached hydrogens (tertiary/aromatic N) is 3. The number of hydrogen-bond acceptors (Lipinski definition) is 2. The Morgan fingerprint density at radius 2 is 1.57 bits per heavy atom. The van der Waals surface area contributed by atoms with Crippen molar-refractivity contribution in [1.29, 1.82) is 0 Å². The predicted molar refractivity (Wildman–Crippen MR) is 94.4 cm³/mol. The number of likely N-dealkylation sites (tertiary alicyclic amines) is 1. The highest BCUT2D eigenvalue weighted by atomic mass is 15.1. The molecule has 0 atom stereocenters. The van der Waals surface area contributed by atoms with Crippen LogP contribution in [0.3, 0.4) is 0 Å². The van der Waals surface area contributed by atoms with Gasteiger partial charge in [0.05, 0.1) is 11.4 Å². The van der Waals surface area contributed by atoms with E-state index in [9.17, 15) is 0 Å². The topological polar surface area (TPSA) is 20.5 Å². The third-order valence-electron chi connectivity index (χ3n) is 4.75. The lowest BCUT2D eigenvalue weighted by atomic mass is 10.1. The Labute approximate surface area is 137 Å². The minimum absolute atomic E-state index is 0.982. The predicted octanol–water partition coefficient (Wildman–Crippen LogP) is 4.38. The van der Waals surface area contributed by atoms with Gasteiger partial charge >= 0.3 is 0 Å². The largest absolute Gasteiger partial charge is 0.302 e. The number of pyridine rings is 1. The molecule has 4 rings (SSSR count). The van der Waals surface area contributed by atoms with Crippen molar-refractivity contribution in [2.24, 2.45) is 0 Å². The summed E-state index contributed by atoms with van der Waals surface area (Å²) in [5.41, 5.74) is 4.69. The summed E-state index contributed by atoms with van der Waals surface area (Å²) in [7, 11) is 0. The van der Waals surface area contributed by atoms with E-state index in [0.29, 0.717) is 0 Å². The van der Waals surface area contributed by atoms with Crippen molar-refractivity contribution in [3.8, 4) is 11.3 Å². The summed E-state index contributed by atoms with van der Waals surface area (Å²) in [6.07, 6.45) is 7.52. The van der Waals surface area contributed by atoms with Crippen molar-refractivity contribution in [3.05, 3.63) is 60.4 Å². The van der Waals surface area contributed by atoms with Crippen LogP contribution < -0.4 is 0 Å². The minimum Gasteiger partial charge on any atom is -0.302 e. The standard InChI is InChI=1S/C20H23N3/c1-2-8-14-22(13-7-1)16-18-20(17-10-4-3-5-11-17)21-19-12-6-9-15-23(18)19/h3-6,9-12,15H,1-2,7-8,13-14,16H2. The van der Waals surface area contributed by atoms with Crippen LogP contribution in [-0.2, 0) is 6.54 Å². The van der Waals surface area contributed by atoms with Gasteiger partial charge in [-0.1, -0.05) is 49.2 Å². The Balaban J connectivity index is 1.76. The highest BCUT2D eigenvalue weighted by molar-refractivity contribution is 5.66. The normalized spacial score (nSPS) is 16.5. The second-order valence-corrected chi connectivity index (χ2v) is 6.39. The van der Waals surface area contributed by atoms with Crippen LogP contribution in [-0.4, -0.2) is 27.4 Å². The number of rotatable bonds is 3. The van der Waals surface area contributed by atoms with Crippen molar-refractivity contribution in [2.75, 3.05) is 13.1 Å². The average Bonchev–Trinajstić information content (AvgIpc) is 2.78. The number of fused-ring (bicyclic) bond motifs is 1. The summed E-state index contributed by atoms with van der Waals surface area (Å²) in [6, 6.07) is 16.8. The molecule has 1 aliphatic rings. The zero-order valence-corrected chi connectivity index (χ0v) is 13.5. The molecule has 0 aliphatic carbocycles. The van der Waals surface area contributed by atoms with Crippen LogP contribution in [0.2, 0.25) is 0 Å². The highest BCUT2D eigenvalue weighted by Crippen LogP contribution is 2.26. The van der Waals surface area contributed by atoms with Gasteiger partial charge in [-0.2, -0.15) is 0 Å². The molecule has 3 heteroatoms. The average molecular weight is 305 g/mol. The van der Waals surface area contributed by atoms with Crippen LogP contribution in [0.25, 0.3) is 16.9 Å². The van der Waals surface area contributed by atoms with Crippen LogP contribution in [0.15, 0.2) is 54.7 Å².